The van der Waals surface area contributed by atoms with E-state index in [1.54, 1.807) is 0 Å². The van der Waals surface area contributed by atoms with Gasteiger partial charge in [-0.15, -0.1) is 0 Å². The summed E-state index contributed by atoms with van der Waals surface area (Å²) in [6, 6.07) is 0.718. The lowest BCUT2D eigenvalue weighted by molar-refractivity contribution is -0.0181. The van der Waals surface area contributed by atoms with Crippen LogP contribution in [0.15, 0.2) is 0 Å². The van der Waals surface area contributed by atoms with Gasteiger partial charge in [-0.1, -0.05) is 6.92 Å². The van der Waals surface area contributed by atoms with Gasteiger partial charge in [0.1, 0.15) is 0 Å². The SMILES string of the molecule is CC1CCCN(CC2(CN)CCOCC2)C1C. The molecule has 0 spiro atoms. The Balaban J connectivity index is 1.97. The van der Waals surface area contributed by atoms with Crippen LogP contribution >= 0.6 is 0 Å². The van der Waals surface area contributed by atoms with Gasteiger partial charge >= 0.3 is 0 Å². The summed E-state index contributed by atoms with van der Waals surface area (Å²) in [5.41, 5.74) is 6.38. The number of nitrogens with zero attached hydrogens (tertiary/aromatic N) is 1. The van der Waals surface area contributed by atoms with Crippen molar-refractivity contribution in [1.82, 2.24) is 4.90 Å². The fourth-order valence-electron chi connectivity index (χ4n) is 3.31. The summed E-state index contributed by atoms with van der Waals surface area (Å²) in [4.78, 5) is 2.67. The first-order valence-electron chi connectivity index (χ1n) is 7.19. The van der Waals surface area contributed by atoms with Crippen LogP contribution in [0.5, 0.6) is 0 Å². The van der Waals surface area contributed by atoms with Crippen molar-refractivity contribution in [3.8, 4) is 0 Å². The lowest BCUT2D eigenvalue weighted by Gasteiger charge is -2.45. The Hall–Kier alpha value is -0.120. The summed E-state index contributed by atoms with van der Waals surface area (Å²) in [5, 5.41) is 0. The van der Waals surface area contributed by atoms with Crippen LogP contribution in [0.25, 0.3) is 0 Å². The summed E-state index contributed by atoms with van der Waals surface area (Å²) in [7, 11) is 0. The molecule has 0 bridgehead atoms. The van der Waals surface area contributed by atoms with E-state index < -0.39 is 0 Å². The molecule has 17 heavy (non-hydrogen) atoms. The number of piperidine rings is 1. The quantitative estimate of drug-likeness (QED) is 0.818. The predicted octanol–water partition coefficient (Wildman–Crippen LogP) is 1.86. The molecule has 2 rings (SSSR count). The van der Waals surface area contributed by atoms with Gasteiger partial charge < -0.3 is 10.5 Å². The normalized spacial score (nSPS) is 34.8. The van der Waals surface area contributed by atoms with Gasteiger partial charge in [0.15, 0.2) is 0 Å². The van der Waals surface area contributed by atoms with Crippen molar-refractivity contribution in [2.45, 2.75) is 45.6 Å². The molecule has 2 atom stereocenters. The van der Waals surface area contributed by atoms with Gasteiger partial charge in [0.2, 0.25) is 0 Å². The Morgan fingerprint density at radius 1 is 1.29 bits per heavy atom. The molecule has 0 aromatic rings. The van der Waals surface area contributed by atoms with E-state index in [1.807, 2.05) is 0 Å². The Bertz CT molecular complexity index is 238. The van der Waals surface area contributed by atoms with Crippen LogP contribution in [0, 0.1) is 11.3 Å². The van der Waals surface area contributed by atoms with Crippen molar-refractivity contribution < 1.29 is 4.74 Å². The van der Waals surface area contributed by atoms with Crippen LogP contribution in [0.3, 0.4) is 0 Å². The highest BCUT2D eigenvalue weighted by atomic mass is 16.5. The van der Waals surface area contributed by atoms with Gasteiger partial charge in [0, 0.05) is 25.8 Å². The average Bonchev–Trinajstić information content (AvgIpc) is 2.36. The topological polar surface area (TPSA) is 38.5 Å². The third-order valence-electron chi connectivity index (χ3n) is 5.03. The Morgan fingerprint density at radius 2 is 2.00 bits per heavy atom. The molecule has 2 unspecified atom stereocenters. The molecule has 0 aromatic heterocycles. The summed E-state index contributed by atoms with van der Waals surface area (Å²) < 4.78 is 5.49. The molecule has 0 aromatic carbocycles. The lowest BCUT2D eigenvalue weighted by Crippen LogP contribution is -2.51. The van der Waals surface area contributed by atoms with Crippen molar-refractivity contribution in [2.75, 3.05) is 32.8 Å². The summed E-state index contributed by atoms with van der Waals surface area (Å²) in [5.74, 6) is 0.832. The standard InChI is InChI=1S/C14H28N2O/c1-12-4-3-7-16(13(12)2)11-14(10-15)5-8-17-9-6-14/h12-13H,3-11,15H2,1-2H3. The van der Waals surface area contributed by atoms with Gasteiger partial charge in [-0.05, 0) is 57.0 Å². The summed E-state index contributed by atoms with van der Waals surface area (Å²) in [6.45, 7) is 9.81. The van der Waals surface area contributed by atoms with Crippen LogP contribution in [0.1, 0.15) is 39.5 Å². The Morgan fingerprint density at radius 3 is 2.65 bits per heavy atom. The van der Waals surface area contributed by atoms with E-state index in [0.29, 0.717) is 5.41 Å². The van der Waals surface area contributed by atoms with E-state index in [1.165, 1.54) is 25.9 Å². The number of likely N-dealkylation sites (tertiary alicyclic amines) is 1. The van der Waals surface area contributed by atoms with Crippen molar-refractivity contribution in [1.29, 1.82) is 0 Å². The van der Waals surface area contributed by atoms with E-state index in [9.17, 15) is 0 Å². The maximum absolute atomic E-state index is 6.05. The van der Waals surface area contributed by atoms with Gasteiger partial charge in [-0.2, -0.15) is 0 Å². The highest BCUT2D eigenvalue weighted by Gasteiger charge is 2.36. The fourth-order valence-corrected chi connectivity index (χ4v) is 3.31. The molecule has 2 fully saturated rings. The van der Waals surface area contributed by atoms with E-state index in [4.69, 9.17) is 10.5 Å². The van der Waals surface area contributed by atoms with Gasteiger partial charge in [0.25, 0.3) is 0 Å². The van der Waals surface area contributed by atoms with E-state index in [-0.39, 0.29) is 0 Å². The second kappa shape index (κ2) is 5.68. The molecule has 0 amide bonds. The molecule has 0 saturated carbocycles. The largest absolute Gasteiger partial charge is 0.381 e. The summed E-state index contributed by atoms with van der Waals surface area (Å²) in [6.07, 6.45) is 5.02. The Labute approximate surface area is 106 Å². The molecule has 2 N–H and O–H groups in total. The molecule has 0 radical (unpaired) electrons. The van der Waals surface area contributed by atoms with Crippen molar-refractivity contribution in [2.24, 2.45) is 17.1 Å². The Kier molecular flexibility index (Phi) is 4.45. The minimum Gasteiger partial charge on any atom is -0.381 e. The predicted molar refractivity (Wildman–Crippen MR) is 71.0 cm³/mol. The van der Waals surface area contributed by atoms with Crippen LogP contribution in [0.2, 0.25) is 0 Å². The van der Waals surface area contributed by atoms with Crippen LogP contribution < -0.4 is 5.73 Å². The highest BCUT2D eigenvalue weighted by Crippen LogP contribution is 2.33. The number of hydrogen-bond acceptors (Lipinski definition) is 3. The first kappa shape index (κ1) is 13.3. The van der Waals surface area contributed by atoms with E-state index >= 15 is 0 Å². The van der Waals surface area contributed by atoms with Crippen molar-refractivity contribution >= 4 is 0 Å². The molecule has 100 valence electrons. The van der Waals surface area contributed by atoms with Gasteiger partial charge in [-0.25, -0.2) is 0 Å². The summed E-state index contributed by atoms with van der Waals surface area (Å²) >= 11 is 0. The monoisotopic (exact) mass is 240 g/mol. The maximum atomic E-state index is 6.05. The van der Waals surface area contributed by atoms with Crippen LogP contribution in [0.4, 0.5) is 0 Å². The molecule has 0 aliphatic carbocycles. The molecule has 3 heteroatoms. The number of rotatable bonds is 3. The third kappa shape index (κ3) is 3.01. The first-order valence-corrected chi connectivity index (χ1v) is 7.19. The highest BCUT2D eigenvalue weighted by molar-refractivity contribution is 4.89. The van der Waals surface area contributed by atoms with Crippen molar-refractivity contribution in [3.63, 3.8) is 0 Å². The average molecular weight is 240 g/mol. The lowest BCUT2D eigenvalue weighted by atomic mass is 9.78. The van der Waals surface area contributed by atoms with Crippen molar-refractivity contribution in [3.05, 3.63) is 0 Å². The van der Waals surface area contributed by atoms with E-state index in [0.717, 1.165) is 44.6 Å². The van der Waals surface area contributed by atoms with Crippen LogP contribution in [-0.2, 0) is 4.74 Å². The smallest absolute Gasteiger partial charge is 0.0472 e. The van der Waals surface area contributed by atoms with Gasteiger partial charge in [-0.3, -0.25) is 4.90 Å². The zero-order valence-electron chi connectivity index (χ0n) is 11.5. The molecule has 3 nitrogen and oxygen atoms in total. The zero-order valence-corrected chi connectivity index (χ0v) is 11.5. The number of nitrogens with two attached hydrogens (primary N) is 1. The number of hydrogen-bond donors (Lipinski definition) is 1. The van der Waals surface area contributed by atoms with E-state index in [2.05, 4.69) is 18.7 Å². The zero-order chi connectivity index (χ0) is 12.3. The molecular formula is C14H28N2O. The van der Waals surface area contributed by atoms with Gasteiger partial charge in [0.05, 0.1) is 0 Å². The maximum Gasteiger partial charge on any atom is 0.0472 e. The second-order valence-corrected chi connectivity index (χ2v) is 6.15. The molecular weight excluding hydrogens is 212 g/mol. The third-order valence-corrected chi connectivity index (χ3v) is 5.03. The second-order valence-electron chi connectivity index (χ2n) is 6.15. The fraction of sp³-hybridized carbons (Fsp3) is 1.00. The van der Waals surface area contributed by atoms with Crippen LogP contribution in [-0.4, -0.2) is 43.8 Å². The molecule has 2 saturated heterocycles. The number of ether oxygens (including phenoxy) is 1. The molecule has 2 heterocycles. The minimum atomic E-state index is 0.323. The molecule has 2 aliphatic heterocycles. The first-order chi connectivity index (χ1) is 8.17. The molecule has 2 aliphatic rings. The minimum absolute atomic E-state index is 0.323.